The molecule has 2 nitrogen and oxygen atoms in total. The highest BCUT2D eigenvalue weighted by molar-refractivity contribution is 5.75. The van der Waals surface area contributed by atoms with Crippen LogP contribution in [0, 0.1) is 0 Å². The molecule has 0 unspecified atom stereocenters. The molecule has 1 rings (SSSR count). The number of rotatable bonds is 4. The molecule has 70 valence electrons. The highest BCUT2D eigenvalue weighted by atomic mass is 16.1. The van der Waals surface area contributed by atoms with Gasteiger partial charge in [-0.1, -0.05) is 42.5 Å². The topological polar surface area (TPSA) is 34.1 Å². The van der Waals surface area contributed by atoms with Gasteiger partial charge in [-0.2, -0.15) is 0 Å². The van der Waals surface area contributed by atoms with Crippen molar-refractivity contribution >= 4 is 18.6 Å². The maximum atomic E-state index is 10.3. The number of benzene rings is 1. The van der Waals surface area contributed by atoms with Crippen molar-refractivity contribution in [1.29, 1.82) is 0 Å². The van der Waals surface area contributed by atoms with E-state index < -0.39 is 0 Å². The molecule has 0 aliphatic rings. The highest BCUT2D eigenvalue weighted by Crippen LogP contribution is 2.04. The van der Waals surface area contributed by atoms with Crippen LogP contribution in [0.1, 0.15) is 15.9 Å². The van der Waals surface area contributed by atoms with Crippen molar-refractivity contribution in [3.63, 3.8) is 0 Å². The minimum Gasteiger partial charge on any atom is -0.299 e. The van der Waals surface area contributed by atoms with E-state index in [0.717, 1.165) is 18.1 Å². The van der Waals surface area contributed by atoms with Crippen LogP contribution in [-0.4, -0.2) is 12.6 Å². The normalized spacial score (nSPS) is 10.9. The molecule has 14 heavy (non-hydrogen) atoms. The first-order valence-electron chi connectivity index (χ1n) is 4.20. The van der Waals surface area contributed by atoms with Crippen LogP contribution in [0.5, 0.6) is 0 Å². The molecule has 1 aromatic carbocycles. The summed E-state index contributed by atoms with van der Waals surface area (Å²) in [5.74, 6) is 0. The summed E-state index contributed by atoms with van der Waals surface area (Å²) in [7, 11) is 0. The van der Waals surface area contributed by atoms with Crippen molar-refractivity contribution in [2.75, 3.05) is 0 Å². The maximum absolute atomic E-state index is 10.3. The number of hydrogen-bond acceptors (Lipinski definition) is 2. The Morgan fingerprint density at radius 3 is 2.00 bits per heavy atom. The third-order valence-electron chi connectivity index (χ3n) is 1.66. The standard InChI is InChI=1S/C12H10O2/c13-9-3-1-2-4-11-5-7-12(10-14)8-6-11/h1-10H/b3-1+,4-2+. The third-order valence-corrected chi connectivity index (χ3v) is 1.66. The predicted octanol–water partition coefficient (Wildman–Crippen LogP) is 2.27. The number of carbonyl (C=O) groups excluding carboxylic acids is 2. The molecule has 0 fully saturated rings. The first kappa shape index (κ1) is 10.1. The van der Waals surface area contributed by atoms with Crippen molar-refractivity contribution in [3.05, 3.63) is 53.6 Å². The molecule has 0 atom stereocenters. The second kappa shape index (κ2) is 5.65. The van der Waals surface area contributed by atoms with Gasteiger partial charge in [0.25, 0.3) is 0 Å². The summed E-state index contributed by atoms with van der Waals surface area (Å²) in [6.07, 6.45) is 8.22. The Morgan fingerprint density at radius 1 is 0.786 bits per heavy atom. The average Bonchev–Trinajstić information content (AvgIpc) is 2.25. The number of hydrogen-bond donors (Lipinski definition) is 0. The fraction of sp³-hybridized carbons (Fsp3) is 0. The Balaban J connectivity index is 2.68. The molecule has 0 amide bonds. The molecule has 0 aromatic heterocycles. The van der Waals surface area contributed by atoms with E-state index in [-0.39, 0.29) is 0 Å². The van der Waals surface area contributed by atoms with E-state index in [1.165, 1.54) is 6.08 Å². The van der Waals surface area contributed by atoms with Gasteiger partial charge in [0, 0.05) is 5.56 Å². The second-order valence-electron chi connectivity index (χ2n) is 2.66. The van der Waals surface area contributed by atoms with Crippen LogP contribution in [0.15, 0.2) is 42.5 Å². The molecule has 0 heterocycles. The summed E-state index contributed by atoms with van der Waals surface area (Å²) in [5, 5.41) is 0. The van der Waals surface area contributed by atoms with E-state index in [9.17, 15) is 9.59 Å². The van der Waals surface area contributed by atoms with Crippen molar-refractivity contribution in [2.45, 2.75) is 0 Å². The van der Waals surface area contributed by atoms with Crippen LogP contribution in [0.4, 0.5) is 0 Å². The van der Waals surface area contributed by atoms with E-state index in [1.54, 1.807) is 24.3 Å². The van der Waals surface area contributed by atoms with E-state index in [0.29, 0.717) is 5.56 Å². The number of allylic oxidation sites excluding steroid dienone is 3. The van der Waals surface area contributed by atoms with Gasteiger partial charge in [-0.15, -0.1) is 0 Å². The monoisotopic (exact) mass is 186 g/mol. The highest BCUT2D eigenvalue weighted by Gasteiger charge is 1.87. The largest absolute Gasteiger partial charge is 0.299 e. The molecular weight excluding hydrogens is 176 g/mol. The van der Waals surface area contributed by atoms with E-state index in [4.69, 9.17) is 0 Å². The number of carbonyl (C=O) groups is 2. The Labute approximate surface area is 82.6 Å². The predicted molar refractivity (Wildman–Crippen MR) is 56.1 cm³/mol. The lowest BCUT2D eigenvalue weighted by Crippen LogP contribution is -1.78. The Kier molecular flexibility index (Phi) is 4.08. The van der Waals surface area contributed by atoms with Crippen LogP contribution >= 0.6 is 0 Å². The summed E-state index contributed by atoms with van der Waals surface area (Å²) in [6.45, 7) is 0. The Morgan fingerprint density at radius 2 is 1.43 bits per heavy atom. The zero-order chi connectivity index (χ0) is 10.2. The lowest BCUT2D eigenvalue weighted by molar-refractivity contribution is -0.104. The van der Waals surface area contributed by atoms with E-state index in [2.05, 4.69) is 0 Å². The molecule has 0 radical (unpaired) electrons. The summed E-state index contributed by atoms with van der Waals surface area (Å²) in [5.41, 5.74) is 1.65. The minimum atomic E-state index is 0.658. The van der Waals surface area contributed by atoms with Gasteiger partial charge in [0.15, 0.2) is 0 Å². The molecule has 0 aliphatic carbocycles. The molecule has 0 N–H and O–H groups in total. The van der Waals surface area contributed by atoms with Crippen LogP contribution in [0.3, 0.4) is 0 Å². The zero-order valence-electron chi connectivity index (χ0n) is 7.59. The van der Waals surface area contributed by atoms with Gasteiger partial charge < -0.3 is 0 Å². The molecule has 0 saturated heterocycles. The van der Waals surface area contributed by atoms with Crippen molar-refractivity contribution in [1.82, 2.24) is 0 Å². The van der Waals surface area contributed by atoms with Gasteiger partial charge >= 0.3 is 0 Å². The first-order chi connectivity index (χ1) is 6.86. The van der Waals surface area contributed by atoms with Gasteiger partial charge in [-0.25, -0.2) is 0 Å². The summed E-state index contributed by atoms with van der Waals surface area (Å²) < 4.78 is 0. The van der Waals surface area contributed by atoms with Gasteiger partial charge in [0.1, 0.15) is 12.6 Å². The van der Waals surface area contributed by atoms with Crippen LogP contribution in [0.2, 0.25) is 0 Å². The maximum Gasteiger partial charge on any atom is 0.150 e. The second-order valence-corrected chi connectivity index (χ2v) is 2.66. The quantitative estimate of drug-likeness (QED) is 0.410. The molecule has 0 saturated carbocycles. The SMILES string of the molecule is O=C/C=C/C=C/c1ccc(C=O)cc1. The Bertz CT molecular complexity index is 358. The Hall–Kier alpha value is -1.96. The molecule has 0 bridgehead atoms. The van der Waals surface area contributed by atoms with E-state index >= 15 is 0 Å². The van der Waals surface area contributed by atoms with Gasteiger partial charge in [-0.05, 0) is 11.6 Å². The van der Waals surface area contributed by atoms with Crippen LogP contribution < -0.4 is 0 Å². The average molecular weight is 186 g/mol. The molecule has 0 spiro atoms. The number of aldehydes is 2. The van der Waals surface area contributed by atoms with Crippen molar-refractivity contribution in [3.8, 4) is 0 Å². The lowest BCUT2D eigenvalue weighted by Gasteiger charge is -1.92. The molecule has 1 aromatic rings. The van der Waals surface area contributed by atoms with Crippen molar-refractivity contribution in [2.24, 2.45) is 0 Å². The molecule has 0 aliphatic heterocycles. The molecular formula is C12H10O2. The van der Waals surface area contributed by atoms with Gasteiger partial charge in [-0.3, -0.25) is 9.59 Å². The minimum absolute atomic E-state index is 0.658. The summed E-state index contributed by atoms with van der Waals surface area (Å²) in [6, 6.07) is 7.18. The zero-order valence-corrected chi connectivity index (χ0v) is 7.59. The third kappa shape index (κ3) is 3.19. The van der Waals surface area contributed by atoms with Gasteiger partial charge in [0.2, 0.25) is 0 Å². The van der Waals surface area contributed by atoms with Crippen molar-refractivity contribution < 1.29 is 9.59 Å². The van der Waals surface area contributed by atoms with Crippen LogP contribution in [-0.2, 0) is 4.79 Å². The van der Waals surface area contributed by atoms with Crippen LogP contribution in [0.25, 0.3) is 6.08 Å². The van der Waals surface area contributed by atoms with Gasteiger partial charge in [0.05, 0.1) is 0 Å². The van der Waals surface area contributed by atoms with E-state index in [1.807, 2.05) is 18.2 Å². The molecule has 2 heteroatoms. The first-order valence-corrected chi connectivity index (χ1v) is 4.20. The fourth-order valence-electron chi connectivity index (χ4n) is 0.962. The fourth-order valence-corrected chi connectivity index (χ4v) is 0.962. The summed E-state index contributed by atoms with van der Waals surface area (Å²) >= 11 is 0. The lowest BCUT2D eigenvalue weighted by atomic mass is 10.1. The smallest absolute Gasteiger partial charge is 0.150 e. The summed E-state index contributed by atoms with van der Waals surface area (Å²) in [4.78, 5) is 20.3.